The Balaban J connectivity index is 2.08. The molecule has 1 aromatic rings. The maximum absolute atomic E-state index is 12.2. The topological polar surface area (TPSA) is 60.8 Å². The van der Waals surface area contributed by atoms with Gasteiger partial charge >= 0.3 is 0 Å². The lowest BCUT2D eigenvalue weighted by atomic mass is 10.0. The second kappa shape index (κ2) is 5.29. The van der Waals surface area contributed by atoms with Crippen LogP contribution in [0.15, 0.2) is 18.2 Å². The number of aromatic hydroxyl groups is 2. The predicted octanol–water partition coefficient (Wildman–Crippen LogP) is 2.36. The molecule has 4 heteroatoms. The summed E-state index contributed by atoms with van der Waals surface area (Å²) in [6, 6.07) is 4.02. The standard InChI is InChI=1S/C14H19NO3/c1-2-3-10-4-5-15(9-10)14(18)11-6-12(16)8-13(17)7-11/h6-8,10,16-17H,2-5,9H2,1H3. The summed E-state index contributed by atoms with van der Waals surface area (Å²) in [7, 11) is 0. The Kier molecular flexibility index (Phi) is 3.75. The van der Waals surface area contributed by atoms with Crippen LogP contribution in [0.1, 0.15) is 36.5 Å². The van der Waals surface area contributed by atoms with E-state index >= 15 is 0 Å². The van der Waals surface area contributed by atoms with E-state index in [4.69, 9.17) is 0 Å². The van der Waals surface area contributed by atoms with Gasteiger partial charge in [-0.05, 0) is 30.9 Å². The van der Waals surface area contributed by atoms with Crippen LogP contribution < -0.4 is 0 Å². The summed E-state index contributed by atoms with van der Waals surface area (Å²) >= 11 is 0. The second-order valence-corrected chi connectivity index (χ2v) is 4.93. The Morgan fingerprint density at radius 2 is 2.00 bits per heavy atom. The highest BCUT2D eigenvalue weighted by Gasteiger charge is 2.26. The molecule has 1 amide bonds. The molecular weight excluding hydrogens is 230 g/mol. The zero-order chi connectivity index (χ0) is 13.1. The number of likely N-dealkylation sites (tertiary alicyclic amines) is 1. The normalized spacial score (nSPS) is 19.2. The number of hydrogen-bond donors (Lipinski definition) is 2. The van der Waals surface area contributed by atoms with Crippen molar-refractivity contribution in [3.05, 3.63) is 23.8 Å². The van der Waals surface area contributed by atoms with Crippen LogP contribution in [-0.4, -0.2) is 34.1 Å². The van der Waals surface area contributed by atoms with E-state index in [0.717, 1.165) is 32.4 Å². The molecule has 4 nitrogen and oxygen atoms in total. The molecular formula is C14H19NO3. The number of carbonyl (C=O) groups is 1. The van der Waals surface area contributed by atoms with Gasteiger partial charge in [0.05, 0.1) is 0 Å². The highest BCUT2D eigenvalue weighted by molar-refractivity contribution is 5.95. The van der Waals surface area contributed by atoms with E-state index in [9.17, 15) is 15.0 Å². The average molecular weight is 249 g/mol. The Morgan fingerprint density at radius 1 is 1.33 bits per heavy atom. The highest BCUT2D eigenvalue weighted by atomic mass is 16.3. The molecule has 1 saturated heterocycles. The number of benzene rings is 1. The van der Waals surface area contributed by atoms with Crippen LogP contribution in [0.25, 0.3) is 0 Å². The van der Waals surface area contributed by atoms with E-state index in [0.29, 0.717) is 11.5 Å². The zero-order valence-electron chi connectivity index (χ0n) is 10.6. The molecule has 1 fully saturated rings. The lowest BCUT2D eigenvalue weighted by Gasteiger charge is -2.16. The Bertz CT molecular complexity index is 424. The number of carbonyl (C=O) groups excluding carboxylic acids is 1. The first-order chi connectivity index (χ1) is 8.60. The molecule has 2 rings (SSSR count). The molecule has 0 radical (unpaired) electrons. The van der Waals surface area contributed by atoms with Gasteiger partial charge in [0.25, 0.3) is 5.91 Å². The monoisotopic (exact) mass is 249 g/mol. The summed E-state index contributed by atoms with van der Waals surface area (Å²) in [5.74, 6) is 0.315. The first-order valence-corrected chi connectivity index (χ1v) is 6.42. The van der Waals surface area contributed by atoms with Gasteiger partial charge in [-0.25, -0.2) is 0 Å². The van der Waals surface area contributed by atoms with Crippen molar-refractivity contribution in [3.63, 3.8) is 0 Å². The number of nitrogens with zero attached hydrogens (tertiary/aromatic N) is 1. The molecule has 18 heavy (non-hydrogen) atoms. The SMILES string of the molecule is CCCC1CCN(C(=O)c2cc(O)cc(O)c2)C1. The van der Waals surface area contributed by atoms with Crippen LogP contribution in [-0.2, 0) is 0 Å². The third kappa shape index (κ3) is 2.75. The van der Waals surface area contributed by atoms with Gasteiger partial charge in [0, 0.05) is 24.7 Å². The van der Waals surface area contributed by atoms with Crippen LogP contribution in [0.3, 0.4) is 0 Å². The van der Waals surface area contributed by atoms with E-state index < -0.39 is 0 Å². The molecule has 1 aliphatic rings. The fraction of sp³-hybridized carbons (Fsp3) is 0.500. The molecule has 2 N–H and O–H groups in total. The van der Waals surface area contributed by atoms with Gasteiger partial charge in [-0.1, -0.05) is 13.3 Å². The van der Waals surface area contributed by atoms with Crippen molar-refractivity contribution in [2.75, 3.05) is 13.1 Å². The Morgan fingerprint density at radius 3 is 2.61 bits per heavy atom. The minimum absolute atomic E-state index is 0.0809. The van der Waals surface area contributed by atoms with E-state index in [2.05, 4.69) is 6.92 Å². The van der Waals surface area contributed by atoms with Gasteiger partial charge in [-0.2, -0.15) is 0 Å². The largest absolute Gasteiger partial charge is 0.508 e. The minimum Gasteiger partial charge on any atom is -0.508 e. The van der Waals surface area contributed by atoms with Crippen molar-refractivity contribution in [1.82, 2.24) is 4.90 Å². The molecule has 0 spiro atoms. The van der Waals surface area contributed by atoms with E-state index in [1.165, 1.54) is 18.2 Å². The molecule has 1 heterocycles. The van der Waals surface area contributed by atoms with Gasteiger partial charge in [-0.3, -0.25) is 4.79 Å². The summed E-state index contributed by atoms with van der Waals surface area (Å²) < 4.78 is 0. The van der Waals surface area contributed by atoms with Crippen molar-refractivity contribution in [3.8, 4) is 11.5 Å². The fourth-order valence-corrected chi connectivity index (χ4v) is 2.56. The van der Waals surface area contributed by atoms with E-state index in [1.54, 1.807) is 4.90 Å². The van der Waals surface area contributed by atoms with Gasteiger partial charge < -0.3 is 15.1 Å². The number of phenols is 2. The highest BCUT2D eigenvalue weighted by Crippen LogP contribution is 2.25. The lowest BCUT2D eigenvalue weighted by Crippen LogP contribution is -2.28. The summed E-state index contributed by atoms with van der Waals surface area (Å²) in [6.07, 6.45) is 3.33. The minimum atomic E-state index is -0.111. The second-order valence-electron chi connectivity index (χ2n) is 4.93. The van der Waals surface area contributed by atoms with Crippen molar-refractivity contribution in [2.24, 2.45) is 5.92 Å². The van der Waals surface area contributed by atoms with Crippen LogP contribution in [0, 0.1) is 5.92 Å². The predicted molar refractivity (Wildman–Crippen MR) is 68.7 cm³/mol. The van der Waals surface area contributed by atoms with Gasteiger partial charge in [0.2, 0.25) is 0 Å². The molecule has 0 aromatic heterocycles. The lowest BCUT2D eigenvalue weighted by molar-refractivity contribution is 0.0785. The third-order valence-corrected chi connectivity index (χ3v) is 3.42. The molecule has 1 aromatic carbocycles. The van der Waals surface area contributed by atoms with Crippen LogP contribution in [0.4, 0.5) is 0 Å². The number of rotatable bonds is 3. The maximum atomic E-state index is 12.2. The molecule has 1 aliphatic heterocycles. The third-order valence-electron chi connectivity index (χ3n) is 3.42. The quantitative estimate of drug-likeness (QED) is 0.864. The molecule has 1 unspecified atom stereocenters. The first kappa shape index (κ1) is 12.7. The zero-order valence-corrected chi connectivity index (χ0v) is 10.6. The van der Waals surface area contributed by atoms with Crippen molar-refractivity contribution in [2.45, 2.75) is 26.2 Å². The van der Waals surface area contributed by atoms with Crippen molar-refractivity contribution < 1.29 is 15.0 Å². The Hall–Kier alpha value is -1.71. The Labute approximate surface area is 107 Å². The van der Waals surface area contributed by atoms with E-state index in [1.807, 2.05) is 0 Å². The number of phenolic OH excluding ortho intramolecular Hbond substituents is 2. The first-order valence-electron chi connectivity index (χ1n) is 6.42. The molecule has 98 valence electrons. The van der Waals surface area contributed by atoms with Gasteiger partial charge in [0.1, 0.15) is 11.5 Å². The van der Waals surface area contributed by atoms with Crippen molar-refractivity contribution >= 4 is 5.91 Å². The molecule has 1 atom stereocenters. The van der Waals surface area contributed by atoms with Gasteiger partial charge in [0.15, 0.2) is 0 Å². The van der Waals surface area contributed by atoms with Gasteiger partial charge in [-0.15, -0.1) is 0 Å². The molecule has 0 aliphatic carbocycles. The van der Waals surface area contributed by atoms with Crippen molar-refractivity contribution in [1.29, 1.82) is 0 Å². The fourth-order valence-electron chi connectivity index (χ4n) is 2.56. The summed E-state index contributed by atoms with van der Waals surface area (Å²) in [6.45, 7) is 3.70. The van der Waals surface area contributed by atoms with E-state index in [-0.39, 0.29) is 17.4 Å². The summed E-state index contributed by atoms with van der Waals surface area (Å²) in [5.41, 5.74) is 0.352. The average Bonchev–Trinajstić information content (AvgIpc) is 2.76. The molecule has 0 bridgehead atoms. The van der Waals surface area contributed by atoms with Crippen LogP contribution in [0.2, 0.25) is 0 Å². The van der Waals surface area contributed by atoms with Crippen LogP contribution in [0.5, 0.6) is 11.5 Å². The number of hydrogen-bond acceptors (Lipinski definition) is 3. The van der Waals surface area contributed by atoms with Crippen LogP contribution >= 0.6 is 0 Å². The molecule has 0 saturated carbocycles. The summed E-state index contributed by atoms with van der Waals surface area (Å²) in [5, 5.41) is 18.8. The smallest absolute Gasteiger partial charge is 0.254 e. The maximum Gasteiger partial charge on any atom is 0.254 e. The summed E-state index contributed by atoms with van der Waals surface area (Å²) in [4.78, 5) is 14.0. The number of amides is 1.